The molecular weight excluding hydrogens is 458 g/mol. The van der Waals surface area contributed by atoms with E-state index < -0.39 is 23.7 Å². The zero-order valence-corrected chi connectivity index (χ0v) is 20.4. The van der Waals surface area contributed by atoms with Crippen LogP contribution in [0.3, 0.4) is 0 Å². The van der Waals surface area contributed by atoms with E-state index in [0.29, 0.717) is 33.7 Å². The molecular formula is C25H28ClN3O5. The lowest BCUT2D eigenvalue weighted by molar-refractivity contribution is 0.0483. The molecule has 0 aliphatic carbocycles. The molecule has 0 aliphatic rings. The Bertz CT molecular complexity index is 1240. The van der Waals surface area contributed by atoms with E-state index in [2.05, 4.69) is 10.3 Å². The topological polar surface area (TPSA) is 99.5 Å². The van der Waals surface area contributed by atoms with Crippen molar-refractivity contribution in [1.29, 1.82) is 0 Å². The molecule has 1 atom stereocenters. The number of aromatic nitrogens is 2. The summed E-state index contributed by atoms with van der Waals surface area (Å²) in [4.78, 5) is 42.4. The second-order valence-electron chi connectivity index (χ2n) is 8.78. The van der Waals surface area contributed by atoms with E-state index in [-0.39, 0.29) is 18.7 Å². The van der Waals surface area contributed by atoms with Crippen molar-refractivity contribution in [2.24, 2.45) is 0 Å². The van der Waals surface area contributed by atoms with Gasteiger partial charge in [-0.2, -0.15) is 0 Å². The van der Waals surface area contributed by atoms with Gasteiger partial charge in [0, 0.05) is 6.54 Å². The quantitative estimate of drug-likeness (QED) is 0.378. The van der Waals surface area contributed by atoms with E-state index in [9.17, 15) is 14.4 Å². The van der Waals surface area contributed by atoms with Crippen LogP contribution in [0.15, 0.2) is 53.3 Å². The summed E-state index contributed by atoms with van der Waals surface area (Å²) in [6, 6.07) is 13.1. The average molecular weight is 486 g/mol. The van der Waals surface area contributed by atoms with Crippen molar-refractivity contribution in [3.8, 4) is 0 Å². The molecule has 0 aliphatic heterocycles. The van der Waals surface area contributed by atoms with Crippen molar-refractivity contribution in [1.82, 2.24) is 14.9 Å². The number of hydrogen-bond acceptors (Lipinski definition) is 6. The van der Waals surface area contributed by atoms with Gasteiger partial charge in [-0.3, -0.25) is 9.36 Å². The average Bonchev–Trinajstić information content (AvgIpc) is 2.76. The van der Waals surface area contributed by atoms with E-state index in [4.69, 9.17) is 21.1 Å². The Hall–Kier alpha value is -3.39. The number of amides is 1. The minimum atomic E-state index is -0.670. The highest BCUT2D eigenvalue weighted by molar-refractivity contribution is 6.35. The fourth-order valence-electron chi connectivity index (χ4n) is 3.38. The molecule has 8 nitrogen and oxygen atoms in total. The number of carbonyl (C=O) groups excluding carboxylic acids is 2. The maximum Gasteiger partial charge on any atom is 0.408 e. The first kappa shape index (κ1) is 25.2. The van der Waals surface area contributed by atoms with Crippen molar-refractivity contribution in [2.75, 3.05) is 6.61 Å². The number of halogens is 1. The summed E-state index contributed by atoms with van der Waals surface area (Å²) in [6.45, 7) is 7.33. The number of hydrogen-bond donors (Lipinski definition) is 1. The number of ether oxygens (including phenoxy) is 2. The third kappa shape index (κ3) is 6.35. The van der Waals surface area contributed by atoms with Crippen LogP contribution in [-0.4, -0.2) is 33.8 Å². The van der Waals surface area contributed by atoms with Gasteiger partial charge in [0.05, 0.1) is 34.1 Å². The Morgan fingerprint density at radius 2 is 1.82 bits per heavy atom. The van der Waals surface area contributed by atoms with Crippen molar-refractivity contribution < 1.29 is 19.1 Å². The molecule has 1 unspecified atom stereocenters. The molecule has 180 valence electrons. The van der Waals surface area contributed by atoms with Crippen LogP contribution < -0.4 is 10.9 Å². The minimum Gasteiger partial charge on any atom is -0.462 e. The summed E-state index contributed by atoms with van der Waals surface area (Å²) in [7, 11) is 0. The molecule has 0 radical (unpaired) electrons. The van der Waals surface area contributed by atoms with Gasteiger partial charge in [0.1, 0.15) is 11.4 Å². The molecule has 1 N–H and O–H groups in total. The summed E-state index contributed by atoms with van der Waals surface area (Å²) in [5.41, 5.74) is -0.124. The van der Waals surface area contributed by atoms with Gasteiger partial charge >= 0.3 is 12.1 Å². The lowest BCUT2D eigenvalue weighted by atomic mass is 10.2. The van der Waals surface area contributed by atoms with Crippen LogP contribution in [0.1, 0.15) is 56.3 Å². The first-order valence-electron chi connectivity index (χ1n) is 11.0. The van der Waals surface area contributed by atoms with Crippen molar-refractivity contribution in [3.63, 3.8) is 0 Å². The van der Waals surface area contributed by atoms with Crippen LogP contribution in [0.5, 0.6) is 0 Å². The summed E-state index contributed by atoms with van der Waals surface area (Å²) in [5.74, 6) is -0.0900. The van der Waals surface area contributed by atoms with Gasteiger partial charge in [0.2, 0.25) is 0 Å². The molecule has 0 fully saturated rings. The fourth-order valence-corrected chi connectivity index (χ4v) is 3.63. The van der Waals surface area contributed by atoms with Crippen molar-refractivity contribution in [2.45, 2.75) is 52.3 Å². The Morgan fingerprint density at radius 1 is 1.12 bits per heavy atom. The predicted octanol–water partition coefficient (Wildman–Crippen LogP) is 4.88. The first-order chi connectivity index (χ1) is 16.1. The summed E-state index contributed by atoms with van der Waals surface area (Å²) < 4.78 is 12.1. The number of carbonyl (C=O) groups is 2. The Morgan fingerprint density at radius 3 is 2.50 bits per heavy atom. The molecule has 0 spiro atoms. The lowest BCUT2D eigenvalue weighted by Gasteiger charge is -2.23. The normalized spacial score (nSPS) is 12.3. The van der Waals surface area contributed by atoms with Crippen LogP contribution in [-0.2, 0) is 16.0 Å². The number of nitrogens with one attached hydrogen (secondary N) is 1. The molecule has 0 bridgehead atoms. The molecule has 0 saturated heterocycles. The molecule has 1 amide bonds. The summed E-state index contributed by atoms with van der Waals surface area (Å²) in [5, 5.41) is 3.31. The van der Waals surface area contributed by atoms with Crippen LogP contribution in [0.2, 0.25) is 5.02 Å². The monoisotopic (exact) mass is 485 g/mol. The SMILES string of the molecule is CC(NC(=O)OC(C)(C)C)c1nc2cccc(Cl)c2c(=O)n1CCCOC(=O)c1ccccc1. The summed E-state index contributed by atoms with van der Waals surface area (Å²) >= 11 is 6.28. The van der Waals surface area contributed by atoms with E-state index in [1.54, 1.807) is 70.2 Å². The van der Waals surface area contributed by atoms with Crippen molar-refractivity contribution in [3.05, 3.63) is 75.3 Å². The maximum atomic E-state index is 13.3. The van der Waals surface area contributed by atoms with E-state index in [0.717, 1.165) is 0 Å². The molecule has 0 saturated carbocycles. The van der Waals surface area contributed by atoms with Gasteiger partial charge in [-0.15, -0.1) is 0 Å². The third-order valence-corrected chi connectivity index (χ3v) is 5.17. The van der Waals surface area contributed by atoms with Gasteiger partial charge < -0.3 is 14.8 Å². The second-order valence-corrected chi connectivity index (χ2v) is 9.19. The van der Waals surface area contributed by atoms with Crippen LogP contribution in [0, 0.1) is 0 Å². The van der Waals surface area contributed by atoms with Crippen LogP contribution in [0.4, 0.5) is 4.79 Å². The molecule has 3 aromatic rings. The smallest absolute Gasteiger partial charge is 0.408 e. The zero-order chi connectivity index (χ0) is 24.9. The number of benzene rings is 2. The highest BCUT2D eigenvalue weighted by Crippen LogP contribution is 2.21. The third-order valence-electron chi connectivity index (χ3n) is 4.85. The Kier molecular flexibility index (Phi) is 7.94. The molecule has 9 heteroatoms. The van der Waals surface area contributed by atoms with E-state index in [1.807, 2.05) is 6.07 Å². The van der Waals surface area contributed by atoms with E-state index >= 15 is 0 Å². The minimum absolute atomic E-state index is 0.105. The van der Waals surface area contributed by atoms with Gasteiger partial charge in [0.15, 0.2) is 0 Å². The number of nitrogens with zero attached hydrogens (tertiary/aromatic N) is 2. The zero-order valence-electron chi connectivity index (χ0n) is 19.6. The fraction of sp³-hybridized carbons (Fsp3) is 0.360. The molecule has 2 aromatic carbocycles. The number of esters is 1. The second kappa shape index (κ2) is 10.7. The van der Waals surface area contributed by atoms with Crippen molar-refractivity contribution >= 4 is 34.6 Å². The van der Waals surface area contributed by atoms with Crippen LogP contribution in [0.25, 0.3) is 10.9 Å². The molecule has 1 heterocycles. The van der Waals surface area contributed by atoms with Gasteiger partial charge in [-0.25, -0.2) is 14.6 Å². The highest BCUT2D eigenvalue weighted by Gasteiger charge is 2.22. The maximum absolute atomic E-state index is 13.3. The number of fused-ring (bicyclic) bond motifs is 1. The largest absolute Gasteiger partial charge is 0.462 e. The molecule has 3 rings (SSSR count). The molecule has 1 aromatic heterocycles. The van der Waals surface area contributed by atoms with Gasteiger partial charge in [-0.05, 0) is 58.4 Å². The standard InChI is InChI=1S/C25H28ClN3O5/c1-16(27-24(32)34-25(2,3)4)21-28-19-13-8-12-18(26)20(19)22(30)29(21)14-9-15-33-23(31)17-10-6-5-7-11-17/h5-8,10-13,16H,9,14-15H2,1-4H3,(H,27,32). The Balaban J connectivity index is 1.82. The lowest BCUT2D eigenvalue weighted by Crippen LogP contribution is -2.37. The number of alkyl carbamates (subject to hydrolysis) is 1. The first-order valence-corrected chi connectivity index (χ1v) is 11.4. The van der Waals surface area contributed by atoms with Gasteiger partial charge in [0.25, 0.3) is 5.56 Å². The predicted molar refractivity (Wildman–Crippen MR) is 130 cm³/mol. The van der Waals surface area contributed by atoms with Crippen LogP contribution >= 0.6 is 11.6 Å². The number of rotatable bonds is 7. The van der Waals surface area contributed by atoms with Gasteiger partial charge in [-0.1, -0.05) is 35.9 Å². The Labute approximate surface area is 202 Å². The summed E-state index contributed by atoms with van der Waals surface area (Å²) in [6.07, 6.45) is -0.258. The van der Waals surface area contributed by atoms with E-state index in [1.165, 1.54) is 4.57 Å². The highest BCUT2D eigenvalue weighted by atomic mass is 35.5. The molecule has 34 heavy (non-hydrogen) atoms.